The molecular weight excluding hydrogens is 300 g/mol. The second-order valence-corrected chi connectivity index (χ2v) is 5.52. The van der Waals surface area contributed by atoms with Gasteiger partial charge in [0.25, 0.3) is 0 Å². The number of hydrogen-bond donors (Lipinski definition) is 0. The Morgan fingerprint density at radius 3 is 2.39 bits per heavy atom. The van der Waals surface area contributed by atoms with Crippen molar-refractivity contribution < 1.29 is 28.5 Å². The fourth-order valence-corrected chi connectivity index (χ4v) is 2.56. The van der Waals surface area contributed by atoms with Gasteiger partial charge in [-0.3, -0.25) is 9.59 Å². The van der Waals surface area contributed by atoms with Crippen LogP contribution in [0.15, 0.2) is 30.3 Å². The summed E-state index contributed by atoms with van der Waals surface area (Å²) in [5.74, 6) is -0.866. The molecule has 1 saturated heterocycles. The van der Waals surface area contributed by atoms with Gasteiger partial charge in [-0.25, -0.2) is 0 Å². The molecule has 1 aromatic carbocycles. The first kappa shape index (κ1) is 17.4. The van der Waals surface area contributed by atoms with Gasteiger partial charge in [0.1, 0.15) is 6.10 Å². The van der Waals surface area contributed by atoms with Crippen molar-refractivity contribution in [2.75, 3.05) is 0 Å². The molecule has 6 nitrogen and oxygen atoms in total. The molecule has 0 aliphatic carbocycles. The van der Waals surface area contributed by atoms with Crippen molar-refractivity contribution in [2.24, 2.45) is 0 Å². The van der Waals surface area contributed by atoms with E-state index in [1.54, 1.807) is 6.92 Å². The molecule has 1 aliphatic rings. The van der Waals surface area contributed by atoms with Crippen LogP contribution >= 0.6 is 0 Å². The smallest absolute Gasteiger partial charge is 0.303 e. The molecule has 1 fully saturated rings. The lowest BCUT2D eigenvalue weighted by molar-refractivity contribution is -0.258. The lowest BCUT2D eigenvalue weighted by atomic mass is 10.0. The molecule has 0 radical (unpaired) electrons. The fraction of sp³-hybridized carbons (Fsp3) is 0.529. The minimum Gasteiger partial charge on any atom is -0.458 e. The average Bonchev–Trinajstić information content (AvgIpc) is 2.49. The van der Waals surface area contributed by atoms with Crippen molar-refractivity contribution >= 4 is 11.9 Å². The Hall–Kier alpha value is -1.92. The Morgan fingerprint density at radius 2 is 1.78 bits per heavy atom. The molecule has 1 aromatic rings. The van der Waals surface area contributed by atoms with Crippen molar-refractivity contribution in [2.45, 2.75) is 58.4 Å². The Morgan fingerprint density at radius 1 is 1.13 bits per heavy atom. The number of rotatable bonds is 5. The highest BCUT2D eigenvalue weighted by Crippen LogP contribution is 2.26. The number of benzene rings is 1. The molecule has 0 unspecified atom stereocenters. The highest BCUT2D eigenvalue weighted by Gasteiger charge is 2.41. The fourth-order valence-electron chi connectivity index (χ4n) is 2.56. The van der Waals surface area contributed by atoms with Gasteiger partial charge in [0, 0.05) is 20.3 Å². The Balaban J connectivity index is 1.98. The Kier molecular flexibility index (Phi) is 6.12. The van der Waals surface area contributed by atoms with Crippen LogP contribution in [0.3, 0.4) is 0 Å². The molecule has 0 aromatic heterocycles. The monoisotopic (exact) mass is 322 g/mol. The van der Waals surface area contributed by atoms with Gasteiger partial charge in [-0.1, -0.05) is 30.3 Å². The third kappa shape index (κ3) is 5.33. The first-order valence-electron chi connectivity index (χ1n) is 7.61. The molecule has 0 bridgehead atoms. The lowest BCUT2D eigenvalue weighted by Crippen LogP contribution is -2.51. The van der Waals surface area contributed by atoms with Crippen LogP contribution < -0.4 is 0 Å². The van der Waals surface area contributed by atoms with Gasteiger partial charge in [-0.05, 0) is 12.5 Å². The molecule has 0 saturated carbocycles. The van der Waals surface area contributed by atoms with Gasteiger partial charge in [-0.15, -0.1) is 0 Å². The molecule has 0 N–H and O–H groups in total. The zero-order valence-electron chi connectivity index (χ0n) is 13.6. The standard InChI is InChI=1S/C17H22O6/c1-11-17(23-13(3)19)15(22-12(2)18)9-16(21-11)20-10-14-7-5-4-6-8-14/h4-8,11,15-17H,9-10H2,1-3H3/t11-,15-,16-,17-/m0/s1. The summed E-state index contributed by atoms with van der Waals surface area (Å²) < 4.78 is 22.0. The van der Waals surface area contributed by atoms with Crippen LogP contribution in [0.4, 0.5) is 0 Å². The number of carbonyl (C=O) groups is 2. The van der Waals surface area contributed by atoms with Crippen LogP contribution in [0.2, 0.25) is 0 Å². The summed E-state index contributed by atoms with van der Waals surface area (Å²) in [7, 11) is 0. The number of ether oxygens (including phenoxy) is 4. The highest BCUT2D eigenvalue weighted by molar-refractivity contribution is 5.67. The summed E-state index contributed by atoms with van der Waals surface area (Å²) >= 11 is 0. The number of carbonyl (C=O) groups excluding carboxylic acids is 2. The van der Waals surface area contributed by atoms with E-state index in [9.17, 15) is 9.59 Å². The topological polar surface area (TPSA) is 71.1 Å². The highest BCUT2D eigenvalue weighted by atomic mass is 16.7. The van der Waals surface area contributed by atoms with E-state index in [1.807, 2.05) is 30.3 Å². The molecule has 1 aliphatic heterocycles. The maximum absolute atomic E-state index is 11.3. The van der Waals surface area contributed by atoms with Crippen molar-refractivity contribution in [1.82, 2.24) is 0 Å². The number of hydrogen-bond acceptors (Lipinski definition) is 6. The van der Waals surface area contributed by atoms with Crippen LogP contribution in [0.25, 0.3) is 0 Å². The predicted molar refractivity (Wildman–Crippen MR) is 81.3 cm³/mol. The summed E-state index contributed by atoms with van der Waals surface area (Å²) in [6, 6.07) is 9.71. The second-order valence-electron chi connectivity index (χ2n) is 5.52. The van der Waals surface area contributed by atoms with Gasteiger partial charge in [0.05, 0.1) is 12.7 Å². The molecular formula is C17H22O6. The molecule has 2 rings (SSSR count). The molecule has 23 heavy (non-hydrogen) atoms. The maximum atomic E-state index is 11.3. The lowest BCUT2D eigenvalue weighted by Gasteiger charge is -2.38. The van der Waals surface area contributed by atoms with E-state index in [1.165, 1.54) is 13.8 Å². The minimum atomic E-state index is -0.632. The number of esters is 2. The average molecular weight is 322 g/mol. The quantitative estimate of drug-likeness (QED) is 0.774. The SMILES string of the molecule is CC(=O)O[C@H]1[C@H](C)O[C@H](OCc2ccccc2)C[C@@H]1OC(C)=O. The summed E-state index contributed by atoms with van der Waals surface area (Å²) in [5.41, 5.74) is 1.02. The largest absolute Gasteiger partial charge is 0.458 e. The van der Waals surface area contributed by atoms with Crippen LogP contribution in [0, 0.1) is 0 Å². The van der Waals surface area contributed by atoms with E-state index in [0.29, 0.717) is 13.0 Å². The van der Waals surface area contributed by atoms with E-state index in [4.69, 9.17) is 18.9 Å². The summed E-state index contributed by atoms with van der Waals surface area (Å²) in [5, 5.41) is 0. The van der Waals surface area contributed by atoms with Gasteiger partial charge < -0.3 is 18.9 Å². The first-order chi connectivity index (χ1) is 11.0. The van der Waals surface area contributed by atoms with Crippen LogP contribution in [-0.2, 0) is 35.1 Å². The van der Waals surface area contributed by atoms with E-state index in [-0.39, 0.29) is 0 Å². The molecule has 6 heteroatoms. The second kappa shape index (κ2) is 8.08. The Bertz CT molecular complexity index is 529. The molecule has 1 heterocycles. The zero-order chi connectivity index (χ0) is 16.8. The summed E-state index contributed by atoms with van der Waals surface area (Å²) in [6.07, 6.45) is -1.86. The molecule has 4 atom stereocenters. The van der Waals surface area contributed by atoms with Gasteiger partial charge in [-0.2, -0.15) is 0 Å². The molecule has 0 spiro atoms. The van der Waals surface area contributed by atoms with Crippen molar-refractivity contribution in [3.05, 3.63) is 35.9 Å². The van der Waals surface area contributed by atoms with Crippen molar-refractivity contribution in [1.29, 1.82) is 0 Å². The predicted octanol–water partition coefficient (Wildman–Crippen LogP) is 2.20. The summed E-state index contributed by atoms with van der Waals surface area (Å²) in [4.78, 5) is 22.5. The third-order valence-electron chi connectivity index (χ3n) is 3.52. The van der Waals surface area contributed by atoms with Crippen LogP contribution in [0.5, 0.6) is 0 Å². The molecule has 0 amide bonds. The normalized spacial score (nSPS) is 27.3. The first-order valence-corrected chi connectivity index (χ1v) is 7.61. The third-order valence-corrected chi connectivity index (χ3v) is 3.52. The minimum absolute atomic E-state index is 0.314. The van der Waals surface area contributed by atoms with E-state index >= 15 is 0 Å². The van der Waals surface area contributed by atoms with Crippen molar-refractivity contribution in [3.63, 3.8) is 0 Å². The van der Waals surface area contributed by atoms with Crippen LogP contribution in [0.1, 0.15) is 32.8 Å². The van der Waals surface area contributed by atoms with Gasteiger partial charge in [0.15, 0.2) is 12.4 Å². The van der Waals surface area contributed by atoms with E-state index in [0.717, 1.165) is 5.56 Å². The van der Waals surface area contributed by atoms with E-state index < -0.39 is 36.5 Å². The van der Waals surface area contributed by atoms with Crippen molar-refractivity contribution in [3.8, 4) is 0 Å². The van der Waals surface area contributed by atoms with E-state index in [2.05, 4.69) is 0 Å². The zero-order valence-corrected chi connectivity index (χ0v) is 13.6. The molecule has 126 valence electrons. The van der Waals surface area contributed by atoms with Gasteiger partial charge >= 0.3 is 11.9 Å². The maximum Gasteiger partial charge on any atom is 0.303 e. The van der Waals surface area contributed by atoms with Crippen LogP contribution in [-0.4, -0.2) is 36.5 Å². The summed E-state index contributed by atoms with van der Waals surface area (Å²) in [6.45, 7) is 4.80. The van der Waals surface area contributed by atoms with Gasteiger partial charge in [0.2, 0.25) is 0 Å². The Labute approximate surface area is 135 Å².